The molecule has 1 aromatic heterocycles. The fourth-order valence-electron chi connectivity index (χ4n) is 1.78. The predicted molar refractivity (Wildman–Crippen MR) is 85.4 cm³/mol. The highest BCUT2D eigenvalue weighted by molar-refractivity contribution is 7.09. The number of aromatic nitrogens is 1. The third-order valence-electron chi connectivity index (χ3n) is 2.96. The molecule has 0 radical (unpaired) electrons. The van der Waals surface area contributed by atoms with Gasteiger partial charge in [0, 0.05) is 17.5 Å². The van der Waals surface area contributed by atoms with Crippen molar-refractivity contribution in [2.75, 3.05) is 33.0 Å². The van der Waals surface area contributed by atoms with E-state index in [0.717, 1.165) is 35.0 Å². The minimum absolute atomic E-state index is 0.632. The first kappa shape index (κ1) is 14.8. The molecule has 5 heteroatoms. The van der Waals surface area contributed by atoms with Crippen LogP contribution in [0.15, 0.2) is 23.6 Å². The lowest BCUT2D eigenvalue weighted by atomic mass is 10.1. The standard InChI is InChI=1S/C15H21N3OS/c1-4-15-17-13(10-20-15)11-5-6-14(12(16)9-11)19-8-7-18(2)3/h5-6,9-10H,4,7-8,16H2,1-3H3. The summed E-state index contributed by atoms with van der Waals surface area (Å²) in [6.07, 6.45) is 0.964. The van der Waals surface area contributed by atoms with Crippen molar-refractivity contribution in [2.45, 2.75) is 13.3 Å². The molecule has 4 nitrogen and oxygen atoms in total. The van der Waals surface area contributed by atoms with Crippen molar-refractivity contribution < 1.29 is 4.74 Å². The second-order valence-corrected chi connectivity index (χ2v) is 5.83. The molecule has 0 saturated carbocycles. The topological polar surface area (TPSA) is 51.4 Å². The summed E-state index contributed by atoms with van der Waals surface area (Å²) >= 11 is 1.68. The number of nitrogen functional groups attached to an aromatic ring is 1. The lowest BCUT2D eigenvalue weighted by Gasteiger charge is -2.13. The molecule has 20 heavy (non-hydrogen) atoms. The first-order valence-electron chi connectivity index (χ1n) is 6.72. The lowest BCUT2D eigenvalue weighted by molar-refractivity contribution is 0.262. The summed E-state index contributed by atoms with van der Waals surface area (Å²) in [5.41, 5.74) is 8.74. The second kappa shape index (κ2) is 6.72. The summed E-state index contributed by atoms with van der Waals surface area (Å²) in [6.45, 7) is 3.61. The number of nitrogens with zero attached hydrogens (tertiary/aromatic N) is 2. The minimum Gasteiger partial charge on any atom is -0.490 e. The summed E-state index contributed by atoms with van der Waals surface area (Å²) < 4.78 is 5.68. The molecular formula is C15H21N3OS. The molecule has 1 aromatic carbocycles. The Hall–Kier alpha value is -1.59. The summed E-state index contributed by atoms with van der Waals surface area (Å²) in [5, 5.41) is 3.21. The van der Waals surface area contributed by atoms with Crippen LogP contribution < -0.4 is 10.5 Å². The zero-order valence-corrected chi connectivity index (χ0v) is 13.0. The Bertz CT molecular complexity index is 566. The van der Waals surface area contributed by atoms with E-state index in [1.165, 1.54) is 0 Å². The molecule has 1 heterocycles. The predicted octanol–water partition coefficient (Wildman–Crippen LogP) is 2.90. The first-order valence-corrected chi connectivity index (χ1v) is 7.60. The van der Waals surface area contributed by atoms with Gasteiger partial charge in [-0.2, -0.15) is 0 Å². The van der Waals surface area contributed by atoms with Crippen LogP contribution in [0.25, 0.3) is 11.3 Å². The number of hydrogen-bond donors (Lipinski definition) is 1. The molecule has 0 spiro atoms. The molecule has 0 unspecified atom stereocenters. The number of benzene rings is 1. The molecule has 2 rings (SSSR count). The van der Waals surface area contributed by atoms with Crippen LogP contribution in [0.3, 0.4) is 0 Å². The van der Waals surface area contributed by atoms with Crippen molar-refractivity contribution in [1.82, 2.24) is 9.88 Å². The second-order valence-electron chi connectivity index (χ2n) is 4.88. The van der Waals surface area contributed by atoms with E-state index >= 15 is 0 Å². The van der Waals surface area contributed by atoms with Gasteiger partial charge in [-0.05, 0) is 38.7 Å². The van der Waals surface area contributed by atoms with E-state index in [2.05, 4.69) is 22.2 Å². The summed E-state index contributed by atoms with van der Waals surface area (Å²) in [6, 6.07) is 5.86. The minimum atomic E-state index is 0.632. The van der Waals surface area contributed by atoms with Crippen LogP contribution in [0.5, 0.6) is 5.75 Å². The lowest BCUT2D eigenvalue weighted by Crippen LogP contribution is -2.19. The third-order valence-corrected chi connectivity index (χ3v) is 3.95. The van der Waals surface area contributed by atoms with E-state index in [1.54, 1.807) is 11.3 Å². The largest absolute Gasteiger partial charge is 0.490 e. The normalized spacial score (nSPS) is 11.0. The van der Waals surface area contributed by atoms with Crippen LogP contribution in [-0.2, 0) is 6.42 Å². The van der Waals surface area contributed by atoms with Gasteiger partial charge in [0.05, 0.1) is 16.4 Å². The maximum Gasteiger partial charge on any atom is 0.142 e. The summed E-state index contributed by atoms with van der Waals surface area (Å²) in [4.78, 5) is 6.65. The van der Waals surface area contributed by atoms with Crippen molar-refractivity contribution in [1.29, 1.82) is 0 Å². The van der Waals surface area contributed by atoms with Gasteiger partial charge in [0.1, 0.15) is 12.4 Å². The summed E-state index contributed by atoms with van der Waals surface area (Å²) in [5.74, 6) is 0.738. The molecule has 0 amide bonds. The van der Waals surface area contributed by atoms with E-state index in [1.807, 2.05) is 32.3 Å². The average Bonchev–Trinajstić information content (AvgIpc) is 2.89. The third kappa shape index (κ3) is 3.71. The number of ether oxygens (including phenoxy) is 1. The fraction of sp³-hybridized carbons (Fsp3) is 0.400. The molecule has 108 valence electrons. The van der Waals surface area contributed by atoms with E-state index < -0.39 is 0 Å². The van der Waals surface area contributed by atoms with Gasteiger partial charge in [-0.25, -0.2) is 4.98 Å². The first-order chi connectivity index (χ1) is 9.60. The number of hydrogen-bond acceptors (Lipinski definition) is 5. The highest BCUT2D eigenvalue weighted by Gasteiger charge is 2.07. The van der Waals surface area contributed by atoms with Gasteiger partial charge in [-0.15, -0.1) is 11.3 Å². The molecule has 0 saturated heterocycles. The molecule has 0 atom stereocenters. The average molecular weight is 291 g/mol. The van der Waals surface area contributed by atoms with Crippen LogP contribution in [0.4, 0.5) is 5.69 Å². The number of likely N-dealkylation sites (N-methyl/N-ethyl adjacent to an activating group) is 1. The Morgan fingerprint density at radius 3 is 2.75 bits per heavy atom. The molecule has 0 aliphatic rings. The van der Waals surface area contributed by atoms with Crippen LogP contribution >= 0.6 is 11.3 Å². The quantitative estimate of drug-likeness (QED) is 0.831. The fourth-order valence-corrected chi connectivity index (χ4v) is 2.54. The van der Waals surface area contributed by atoms with E-state index in [4.69, 9.17) is 10.5 Å². The molecule has 0 aliphatic heterocycles. The van der Waals surface area contributed by atoms with E-state index in [0.29, 0.717) is 12.3 Å². The molecule has 0 fully saturated rings. The Morgan fingerprint density at radius 1 is 1.35 bits per heavy atom. The van der Waals surface area contributed by atoms with Gasteiger partial charge in [-0.3, -0.25) is 0 Å². The Balaban J connectivity index is 2.09. The smallest absolute Gasteiger partial charge is 0.142 e. The van der Waals surface area contributed by atoms with Gasteiger partial charge in [-0.1, -0.05) is 6.92 Å². The van der Waals surface area contributed by atoms with Gasteiger partial charge in [0.2, 0.25) is 0 Å². The number of anilines is 1. The van der Waals surface area contributed by atoms with Gasteiger partial charge >= 0.3 is 0 Å². The number of thiazole rings is 1. The van der Waals surface area contributed by atoms with Crippen molar-refractivity contribution in [3.63, 3.8) is 0 Å². The maximum absolute atomic E-state index is 6.05. The van der Waals surface area contributed by atoms with Crippen molar-refractivity contribution in [3.8, 4) is 17.0 Å². The Morgan fingerprint density at radius 2 is 2.15 bits per heavy atom. The van der Waals surface area contributed by atoms with Crippen molar-refractivity contribution in [3.05, 3.63) is 28.6 Å². The molecule has 2 aromatic rings. The van der Waals surface area contributed by atoms with Crippen LogP contribution in [-0.4, -0.2) is 37.1 Å². The van der Waals surface area contributed by atoms with Gasteiger partial charge in [0.15, 0.2) is 0 Å². The van der Waals surface area contributed by atoms with Gasteiger partial charge in [0.25, 0.3) is 0 Å². The van der Waals surface area contributed by atoms with Gasteiger partial charge < -0.3 is 15.4 Å². The number of nitrogens with two attached hydrogens (primary N) is 1. The molecule has 2 N–H and O–H groups in total. The zero-order valence-electron chi connectivity index (χ0n) is 12.2. The maximum atomic E-state index is 6.05. The Labute approximate surface area is 124 Å². The molecular weight excluding hydrogens is 270 g/mol. The summed E-state index contributed by atoms with van der Waals surface area (Å²) in [7, 11) is 4.03. The van der Waals surface area contributed by atoms with Crippen molar-refractivity contribution in [2.24, 2.45) is 0 Å². The van der Waals surface area contributed by atoms with Crippen LogP contribution in [0, 0.1) is 0 Å². The van der Waals surface area contributed by atoms with Crippen LogP contribution in [0.1, 0.15) is 11.9 Å². The highest BCUT2D eigenvalue weighted by Crippen LogP contribution is 2.29. The highest BCUT2D eigenvalue weighted by atomic mass is 32.1. The molecule has 0 bridgehead atoms. The van der Waals surface area contributed by atoms with Crippen LogP contribution in [0.2, 0.25) is 0 Å². The van der Waals surface area contributed by atoms with Crippen molar-refractivity contribution >= 4 is 17.0 Å². The number of aryl methyl sites for hydroxylation is 1. The molecule has 0 aliphatic carbocycles. The zero-order chi connectivity index (χ0) is 14.5. The number of rotatable bonds is 6. The monoisotopic (exact) mass is 291 g/mol. The van der Waals surface area contributed by atoms with E-state index in [9.17, 15) is 0 Å². The Kier molecular flexibility index (Phi) is 4.98. The SMILES string of the molecule is CCc1nc(-c2ccc(OCCN(C)C)c(N)c2)cs1. The van der Waals surface area contributed by atoms with E-state index in [-0.39, 0.29) is 0 Å².